The molecule has 9 heteroatoms. The molecule has 0 aliphatic carbocycles. The highest BCUT2D eigenvalue weighted by Gasteiger charge is 2.16. The molecule has 8 nitrogen and oxygen atoms in total. The van der Waals surface area contributed by atoms with Gasteiger partial charge in [0, 0.05) is 6.54 Å². The van der Waals surface area contributed by atoms with Crippen molar-refractivity contribution in [1.82, 2.24) is 19.1 Å². The molecular formula is C28H26N4O4S. The van der Waals surface area contributed by atoms with Crippen molar-refractivity contribution in [3.63, 3.8) is 0 Å². The molecule has 0 fully saturated rings. The number of rotatable bonds is 8. The van der Waals surface area contributed by atoms with Crippen molar-refractivity contribution in [2.45, 2.75) is 31.3 Å². The third-order valence-electron chi connectivity index (χ3n) is 6.42. The maximum atomic E-state index is 13.0. The van der Waals surface area contributed by atoms with Crippen LogP contribution in [0.3, 0.4) is 0 Å². The summed E-state index contributed by atoms with van der Waals surface area (Å²) in [7, 11) is -3.47. The summed E-state index contributed by atoms with van der Waals surface area (Å²) >= 11 is 0. The van der Waals surface area contributed by atoms with E-state index in [2.05, 4.69) is 9.97 Å². The van der Waals surface area contributed by atoms with Crippen molar-refractivity contribution in [3.8, 4) is 11.1 Å². The summed E-state index contributed by atoms with van der Waals surface area (Å²) in [5, 5.41) is 0. The van der Waals surface area contributed by atoms with Crippen molar-refractivity contribution in [2.75, 3.05) is 5.75 Å². The molecule has 0 saturated carbocycles. The number of nitrogens with zero attached hydrogens (tertiary/aromatic N) is 3. The van der Waals surface area contributed by atoms with E-state index in [0.717, 1.165) is 22.3 Å². The van der Waals surface area contributed by atoms with Crippen LogP contribution in [-0.2, 0) is 29.3 Å². The molecule has 0 spiro atoms. The Kier molecular flexibility index (Phi) is 6.62. The van der Waals surface area contributed by atoms with Gasteiger partial charge in [-0.05, 0) is 47.7 Å². The molecule has 0 unspecified atom stereocenters. The largest absolute Gasteiger partial charge is 0.330 e. The number of hydrogen-bond donors (Lipinski definition) is 1. The summed E-state index contributed by atoms with van der Waals surface area (Å²) < 4.78 is 29.2. The van der Waals surface area contributed by atoms with Crippen LogP contribution in [0.4, 0.5) is 0 Å². The topological polar surface area (TPSA) is 107 Å². The zero-order valence-corrected chi connectivity index (χ0v) is 21.1. The molecule has 3 aromatic carbocycles. The predicted molar refractivity (Wildman–Crippen MR) is 143 cm³/mol. The zero-order chi connectivity index (χ0) is 26.0. The zero-order valence-electron chi connectivity index (χ0n) is 20.3. The Morgan fingerprint density at radius 1 is 0.865 bits per heavy atom. The molecule has 0 atom stereocenters. The first-order valence-corrected chi connectivity index (χ1v) is 13.6. The molecule has 188 valence electrons. The van der Waals surface area contributed by atoms with Gasteiger partial charge in [0.05, 0.1) is 23.5 Å². The highest BCUT2D eigenvalue weighted by Crippen LogP contribution is 2.23. The number of aromatic nitrogens is 4. The number of nitrogens with one attached hydrogen (secondary N) is 1. The smallest absolute Gasteiger partial charge is 0.325 e. The molecule has 0 amide bonds. The number of aryl methyl sites for hydroxylation is 2. The molecule has 2 aromatic heterocycles. The molecule has 0 saturated heterocycles. The van der Waals surface area contributed by atoms with Crippen molar-refractivity contribution >= 4 is 21.0 Å². The third-order valence-corrected chi connectivity index (χ3v) is 8.13. The Labute approximate surface area is 213 Å². The lowest BCUT2D eigenvalue weighted by Crippen LogP contribution is -2.31. The maximum absolute atomic E-state index is 13.0. The number of benzene rings is 3. The fraction of sp³-hybridized carbons (Fsp3) is 0.179. The predicted octanol–water partition coefficient (Wildman–Crippen LogP) is 3.64. The van der Waals surface area contributed by atoms with Crippen LogP contribution in [0, 0.1) is 0 Å². The minimum atomic E-state index is -3.47. The minimum absolute atomic E-state index is 0.0148. The van der Waals surface area contributed by atoms with E-state index in [-0.39, 0.29) is 12.3 Å². The summed E-state index contributed by atoms with van der Waals surface area (Å²) in [5.74, 6) is -0.0148. The van der Waals surface area contributed by atoms with Gasteiger partial charge >= 0.3 is 5.69 Å². The van der Waals surface area contributed by atoms with E-state index in [1.807, 2.05) is 67.6 Å². The number of sulfone groups is 1. The molecule has 0 bridgehead atoms. The fourth-order valence-corrected chi connectivity index (χ4v) is 5.70. The van der Waals surface area contributed by atoms with E-state index < -0.39 is 21.1 Å². The lowest BCUT2D eigenvalue weighted by molar-refractivity contribution is 0.595. The Morgan fingerprint density at radius 2 is 1.57 bits per heavy atom. The van der Waals surface area contributed by atoms with Crippen LogP contribution in [-0.4, -0.2) is 33.3 Å². The van der Waals surface area contributed by atoms with Crippen molar-refractivity contribution < 1.29 is 8.42 Å². The molecule has 2 heterocycles. The standard InChI is InChI=1S/C28H26N4O4S/c1-2-31-19-29-26-25(31)27(33)30-28(34)32(26)18-21-13-11-20(12-14-21)15-16-37(35,36)24-10-6-9-23(17-24)22-7-4-3-5-8-22/h3-14,17,19H,2,15-16,18H2,1H3,(H,30,33,34). The van der Waals surface area contributed by atoms with Gasteiger partial charge in [0.25, 0.3) is 5.56 Å². The van der Waals surface area contributed by atoms with Crippen molar-refractivity contribution in [1.29, 1.82) is 0 Å². The van der Waals surface area contributed by atoms with Gasteiger partial charge in [0.2, 0.25) is 0 Å². The first-order chi connectivity index (χ1) is 17.9. The molecule has 0 aliphatic rings. The highest BCUT2D eigenvalue weighted by atomic mass is 32.2. The highest BCUT2D eigenvalue weighted by molar-refractivity contribution is 7.91. The van der Waals surface area contributed by atoms with Gasteiger partial charge in [-0.3, -0.25) is 14.3 Å². The SMILES string of the molecule is CCn1cnc2c1c(=O)[nH]c(=O)n2Cc1ccc(CCS(=O)(=O)c2cccc(-c3ccccc3)c2)cc1. The van der Waals surface area contributed by atoms with Gasteiger partial charge in [-0.15, -0.1) is 0 Å². The molecule has 0 radical (unpaired) electrons. The normalized spacial score (nSPS) is 11.7. The fourth-order valence-electron chi connectivity index (χ4n) is 4.37. The second kappa shape index (κ2) is 10.0. The Morgan fingerprint density at radius 3 is 2.30 bits per heavy atom. The summed E-state index contributed by atoms with van der Waals surface area (Å²) in [6.45, 7) is 2.69. The average molecular weight is 515 g/mol. The van der Waals surface area contributed by atoms with Crippen LogP contribution in [0.15, 0.2) is 99.7 Å². The van der Waals surface area contributed by atoms with Crippen LogP contribution >= 0.6 is 0 Å². The maximum Gasteiger partial charge on any atom is 0.330 e. The van der Waals surface area contributed by atoms with E-state index in [0.29, 0.717) is 29.0 Å². The van der Waals surface area contributed by atoms with Crippen LogP contribution in [0.1, 0.15) is 18.1 Å². The quantitative estimate of drug-likeness (QED) is 0.340. The van der Waals surface area contributed by atoms with Gasteiger partial charge in [0.15, 0.2) is 21.0 Å². The Bertz CT molecular complexity index is 1780. The second-order valence-electron chi connectivity index (χ2n) is 8.83. The van der Waals surface area contributed by atoms with Crippen LogP contribution in [0.5, 0.6) is 0 Å². The van der Waals surface area contributed by atoms with Crippen LogP contribution in [0.25, 0.3) is 22.3 Å². The molecule has 5 rings (SSSR count). The lowest BCUT2D eigenvalue weighted by atomic mass is 10.1. The molecule has 37 heavy (non-hydrogen) atoms. The number of aromatic amines is 1. The number of imidazole rings is 1. The minimum Gasteiger partial charge on any atom is -0.325 e. The van der Waals surface area contributed by atoms with Crippen LogP contribution in [0.2, 0.25) is 0 Å². The third kappa shape index (κ3) is 5.03. The number of fused-ring (bicyclic) bond motifs is 1. The van der Waals surface area contributed by atoms with Gasteiger partial charge in [-0.1, -0.05) is 66.7 Å². The second-order valence-corrected chi connectivity index (χ2v) is 10.9. The van der Waals surface area contributed by atoms with E-state index in [1.165, 1.54) is 4.57 Å². The lowest BCUT2D eigenvalue weighted by Gasteiger charge is -2.09. The van der Waals surface area contributed by atoms with Crippen molar-refractivity contribution in [3.05, 3.63) is 117 Å². The van der Waals surface area contributed by atoms with Gasteiger partial charge in [0.1, 0.15) is 0 Å². The summed E-state index contributed by atoms with van der Waals surface area (Å²) in [5.41, 5.74) is 3.26. The van der Waals surface area contributed by atoms with E-state index in [1.54, 1.807) is 29.1 Å². The van der Waals surface area contributed by atoms with Gasteiger partial charge in [-0.2, -0.15) is 0 Å². The summed E-state index contributed by atoms with van der Waals surface area (Å²) in [6.07, 6.45) is 1.91. The van der Waals surface area contributed by atoms with Crippen LogP contribution < -0.4 is 11.2 Å². The van der Waals surface area contributed by atoms with E-state index in [4.69, 9.17) is 0 Å². The Balaban J connectivity index is 1.31. The first-order valence-electron chi connectivity index (χ1n) is 12.0. The van der Waals surface area contributed by atoms with E-state index >= 15 is 0 Å². The average Bonchev–Trinajstić information content (AvgIpc) is 3.36. The summed E-state index contributed by atoms with van der Waals surface area (Å²) in [6, 6.07) is 24.2. The van der Waals surface area contributed by atoms with Gasteiger partial charge in [-0.25, -0.2) is 18.2 Å². The molecule has 1 N–H and O–H groups in total. The number of H-pyrrole nitrogens is 1. The van der Waals surface area contributed by atoms with E-state index in [9.17, 15) is 18.0 Å². The molecule has 0 aliphatic heterocycles. The monoisotopic (exact) mass is 514 g/mol. The van der Waals surface area contributed by atoms with Crippen molar-refractivity contribution in [2.24, 2.45) is 0 Å². The first kappa shape index (κ1) is 24.5. The Hall–Kier alpha value is -4.24. The number of hydrogen-bond acceptors (Lipinski definition) is 5. The molecule has 5 aromatic rings. The summed E-state index contributed by atoms with van der Waals surface area (Å²) in [4.78, 5) is 31.7. The van der Waals surface area contributed by atoms with Gasteiger partial charge < -0.3 is 4.57 Å². The molecular weight excluding hydrogens is 488 g/mol.